The van der Waals surface area contributed by atoms with Crippen LogP contribution in [0.1, 0.15) is 75.2 Å². The number of carbonyl (C=O) groups is 2. The predicted octanol–water partition coefficient (Wildman–Crippen LogP) is 3.94. The van der Waals surface area contributed by atoms with Crippen molar-refractivity contribution in [2.45, 2.75) is 105 Å². The molecule has 0 amide bonds. The third-order valence-corrected chi connectivity index (χ3v) is 7.55. The van der Waals surface area contributed by atoms with Crippen LogP contribution in [0.5, 0.6) is 0 Å². The van der Waals surface area contributed by atoms with Crippen LogP contribution in [0.3, 0.4) is 0 Å². The molecule has 9 atom stereocenters. The van der Waals surface area contributed by atoms with Gasteiger partial charge in [0.2, 0.25) is 0 Å². The van der Waals surface area contributed by atoms with E-state index in [-0.39, 0.29) is 36.1 Å². The summed E-state index contributed by atoms with van der Waals surface area (Å²) in [5.41, 5.74) is -0.312. The molecule has 0 unspecified atom stereocenters. The molecule has 1 rings (SSSR count). The highest BCUT2D eigenvalue weighted by molar-refractivity contribution is 5.86. The van der Waals surface area contributed by atoms with Gasteiger partial charge in [-0.25, -0.2) is 0 Å². The summed E-state index contributed by atoms with van der Waals surface area (Å²) in [5.74, 6) is -1.26. The lowest BCUT2D eigenvalue weighted by atomic mass is 9.70. The molecule has 0 bridgehead atoms. The van der Waals surface area contributed by atoms with Gasteiger partial charge in [-0.1, -0.05) is 53.2 Å². The first-order valence-electron chi connectivity index (χ1n) is 12.4. The zero-order chi connectivity index (χ0) is 26.6. The van der Waals surface area contributed by atoms with Crippen molar-refractivity contribution < 1.29 is 34.0 Å². The largest absolute Gasteiger partial charge is 0.469 e. The molecule has 198 valence electrons. The van der Waals surface area contributed by atoms with E-state index in [1.54, 1.807) is 6.92 Å². The summed E-state index contributed by atoms with van der Waals surface area (Å²) >= 11 is 0. The Morgan fingerprint density at radius 2 is 1.68 bits per heavy atom. The van der Waals surface area contributed by atoms with Gasteiger partial charge in [-0.2, -0.15) is 0 Å². The highest BCUT2D eigenvalue weighted by Crippen LogP contribution is 2.47. The van der Waals surface area contributed by atoms with Crippen molar-refractivity contribution in [2.24, 2.45) is 29.1 Å². The second-order valence-corrected chi connectivity index (χ2v) is 11.3. The fraction of sp³-hybridized carbons (Fsp3) is 0.852. The van der Waals surface area contributed by atoms with Gasteiger partial charge in [0.05, 0.1) is 43.4 Å². The Morgan fingerprint density at radius 1 is 1.12 bits per heavy atom. The van der Waals surface area contributed by atoms with E-state index in [4.69, 9.17) is 9.47 Å². The first-order valence-corrected chi connectivity index (χ1v) is 12.4. The fourth-order valence-corrected chi connectivity index (χ4v) is 5.66. The molecule has 0 aromatic rings. The van der Waals surface area contributed by atoms with Gasteiger partial charge in [0.1, 0.15) is 11.4 Å². The zero-order valence-electron chi connectivity index (χ0n) is 23.0. The molecule has 34 heavy (non-hydrogen) atoms. The molecule has 1 fully saturated rings. The van der Waals surface area contributed by atoms with Crippen LogP contribution in [0.15, 0.2) is 11.6 Å². The van der Waals surface area contributed by atoms with E-state index in [1.165, 1.54) is 19.8 Å². The third-order valence-electron chi connectivity index (χ3n) is 7.55. The zero-order valence-corrected chi connectivity index (χ0v) is 23.0. The van der Waals surface area contributed by atoms with Crippen molar-refractivity contribution in [1.29, 1.82) is 0 Å². The van der Waals surface area contributed by atoms with Gasteiger partial charge in [0.15, 0.2) is 0 Å². The van der Waals surface area contributed by atoms with E-state index >= 15 is 0 Å². The minimum absolute atomic E-state index is 0.00755. The Hall–Kier alpha value is -1.28. The fourth-order valence-electron chi connectivity index (χ4n) is 5.66. The van der Waals surface area contributed by atoms with Crippen molar-refractivity contribution in [3.05, 3.63) is 11.6 Å². The molecule has 2 N–H and O–H groups in total. The van der Waals surface area contributed by atoms with Crippen molar-refractivity contribution in [3.8, 4) is 0 Å². The van der Waals surface area contributed by atoms with E-state index in [2.05, 4.69) is 17.7 Å². The topological polar surface area (TPSA) is 106 Å². The smallest absolute Gasteiger partial charge is 0.308 e. The lowest BCUT2D eigenvalue weighted by Crippen LogP contribution is -2.48. The standard InChI is InChI=1S/C27H48O7/c1-15(2)12-18(5)24-27(9,34-24)23(31)17(4)13-16(3)22(30)26(7,8)25(33-11)19(6)20(28)14-21(29)32-10/h12,16-20,23-25,28,31H,13-14H2,1-11H3/t16-,17+,18+,19-,20+,23+,24-,25+,27-/m1/s1. The average molecular weight is 485 g/mol. The average Bonchev–Trinajstić information content (AvgIpc) is 3.44. The molecule has 0 aliphatic carbocycles. The molecule has 0 radical (unpaired) electrons. The highest BCUT2D eigenvalue weighted by Gasteiger charge is 2.60. The number of esters is 1. The Labute approximate surface area is 206 Å². The summed E-state index contributed by atoms with van der Waals surface area (Å²) < 4.78 is 16.3. The summed E-state index contributed by atoms with van der Waals surface area (Å²) in [4.78, 5) is 25.1. The van der Waals surface area contributed by atoms with Crippen molar-refractivity contribution in [1.82, 2.24) is 0 Å². The van der Waals surface area contributed by atoms with E-state index in [9.17, 15) is 19.8 Å². The molecule has 0 saturated carbocycles. The van der Waals surface area contributed by atoms with E-state index in [1.807, 2.05) is 48.5 Å². The molecule has 7 heteroatoms. The van der Waals surface area contributed by atoms with Crippen LogP contribution >= 0.6 is 0 Å². The number of ether oxygens (including phenoxy) is 3. The Bertz CT molecular complexity index is 726. The van der Waals surface area contributed by atoms with Crippen LogP contribution in [0.25, 0.3) is 0 Å². The number of carbonyl (C=O) groups excluding carboxylic acids is 2. The number of methoxy groups -OCH3 is 2. The van der Waals surface area contributed by atoms with Gasteiger partial charge in [0, 0.05) is 24.9 Å². The van der Waals surface area contributed by atoms with Gasteiger partial charge in [-0.3, -0.25) is 9.59 Å². The highest BCUT2D eigenvalue weighted by atomic mass is 16.6. The van der Waals surface area contributed by atoms with Crippen molar-refractivity contribution >= 4 is 11.8 Å². The maximum Gasteiger partial charge on any atom is 0.308 e. The molecular weight excluding hydrogens is 436 g/mol. The van der Waals surface area contributed by atoms with Crippen LogP contribution in [0.4, 0.5) is 0 Å². The number of aliphatic hydroxyl groups excluding tert-OH is 2. The molecule has 0 aromatic carbocycles. The minimum atomic E-state index is -0.993. The quantitative estimate of drug-likeness (QED) is 0.218. The Balaban J connectivity index is 2.86. The van der Waals surface area contributed by atoms with Crippen molar-refractivity contribution in [3.63, 3.8) is 0 Å². The monoisotopic (exact) mass is 484 g/mol. The van der Waals surface area contributed by atoms with Crippen LogP contribution in [-0.4, -0.2) is 66.2 Å². The summed E-state index contributed by atoms with van der Waals surface area (Å²) in [6.07, 6.45) is 0.170. The molecule has 0 spiro atoms. The number of epoxide rings is 1. The second kappa shape index (κ2) is 12.1. The molecule has 1 saturated heterocycles. The maximum atomic E-state index is 13.5. The lowest BCUT2D eigenvalue weighted by Gasteiger charge is -2.39. The second-order valence-electron chi connectivity index (χ2n) is 11.3. The first kappa shape index (κ1) is 30.8. The summed E-state index contributed by atoms with van der Waals surface area (Å²) in [7, 11) is 2.78. The van der Waals surface area contributed by atoms with Gasteiger partial charge in [0.25, 0.3) is 0 Å². The predicted molar refractivity (Wildman–Crippen MR) is 132 cm³/mol. The maximum absolute atomic E-state index is 13.5. The number of hydrogen-bond donors (Lipinski definition) is 2. The van der Waals surface area contributed by atoms with E-state index in [0.717, 1.165) is 0 Å². The lowest BCUT2D eigenvalue weighted by molar-refractivity contribution is -0.149. The van der Waals surface area contributed by atoms with Gasteiger partial charge >= 0.3 is 5.97 Å². The first-order chi connectivity index (χ1) is 15.5. The number of rotatable bonds is 14. The van der Waals surface area contributed by atoms with Crippen LogP contribution in [0, 0.1) is 29.1 Å². The molecule has 1 aliphatic rings. The normalized spacial score (nSPS) is 26.4. The molecule has 0 aromatic heterocycles. The Kier molecular flexibility index (Phi) is 11.0. The van der Waals surface area contributed by atoms with E-state index in [0.29, 0.717) is 6.42 Å². The minimum Gasteiger partial charge on any atom is -0.469 e. The summed E-state index contributed by atoms with van der Waals surface area (Å²) in [5, 5.41) is 21.6. The number of allylic oxidation sites excluding steroid dienone is 1. The molecular formula is C27H48O7. The summed E-state index contributed by atoms with van der Waals surface area (Å²) in [6, 6.07) is 0. The number of hydrogen-bond acceptors (Lipinski definition) is 7. The Morgan fingerprint density at radius 3 is 2.15 bits per heavy atom. The third kappa shape index (κ3) is 7.12. The van der Waals surface area contributed by atoms with Crippen molar-refractivity contribution in [2.75, 3.05) is 14.2 Å². The number of Topliss-reactive ketones (excluding diaryl/α,β-unsaturated/α-hetero) is 1. The molecule has 1 heterocycles. The number of aliphatic hydroxyl groups is 2. The SMILES string of the molecule is COC(=O)C[C@H](O)[C@@H](C)[C@H](OC)C(C)(C)C(=O)[C@H](C)C[C@H](C)[C@H](O)[C@@]1(C)O[C@@H]1[C@@H](C)C=C(C)C. The molecule has 7 nitrogen and oxygen atoms in total. The summed E-state index contributed by atoms with van der Waals surface area (Å²) in [6.45, 7) is 17.3. The van der Waals surface area contributed by atoms with Crippen LogP contribution < -0.4 is 0 Å². The van der Waals surface area contributed by atoms with Crippen LogP contribution in [0.2, 0.25) is 0 Å². The molecule has 1 aliphatic heterocycles. The number of ketones is 1. The van der Waals surface area contributed by atoms with Gasteiger partial charge in [-0.05, 0) is 33.1 Å². The van der Waals surface area contributed by atoms with Crippen LogP contribution in [-0.2, 0) is 23.8 Å². The van der Waals surface area contributed by atoms with E-state index < -0.39 is 41.2 Å². The van der Waals surface area contributed by atoms with Gasteiger partial charge in [-0.15, -0.1) is 0 Å². The van der Waals surface area contributed by atoms with Gasteiger partial charge < -0.3 is 24.4 Å².